The highest BCUT2D eigenvalue weighted by Gasteiger charge is 2.27. The minimum absolute atomic E-state index is 0.213. The minimum atomic E-state index is -0.650. The lowest BCUT2D eigenvalue weighted by atomic mass is 9.96. The molecule has 5 nitrogen and oxygen atoms in total. The maximum atomic E-state index is 11.8. The molecule has 0 saturated carbocycles. The van der Waals surface area contributed by atoms with Crippen LogP contribution >= 0.6 is 0 Å². The minimum Gasteiger partial charge on any atom is -0.434 e. The maximum Gasteiger partial charge on any atom is 0.508 e. The van der Waals surface area contributed by atoms with E-state index in [4.69, 9.17) is 18.9 Å². The first-order chi connectivity index (χ1) is 10.5. The summed E-state index contributed by atoms with van der Waals surface area (Å²) in [4.78, 5) is 11.8. The topological polar surface area (TPSA) is 54.0 Å². The molecule has 0 aromatic carbocycles. The Balaban J connectivity index is 4.17. The fourth-order valence-corrected chi connectivity index (χ4v) is 1.46. The molecular weight excluding hydrogens is 308 g/mol. The van der Waals surface area contributed by atoms with Crippen molar-refractivity contribution in [2.75, 3.05) is 26.4 Å². The number of ether oxygens (including phenoxy) is 4. The van der Waals surface area contributed by atoms with Crippen molar-refractivity contribution in [1.82, 2.24) is 0 Å². The molecule has 0 fully saturated rings. The number of hydrogen-bond acceptors (Lipinski definition) is 5. The molecule has 0 bridgehead atoms. The van der Waals surface area contributed by atoms with E-state index >= 15 is 0 Å². The van der Waals surface area contributed by atoms with Crippen LogP contribution in [-0.4, -0.2) is 43.8 Å². The van der Waals surface area contributed by atoms with Gasteiger partial charge in [-0.05, 0) is 41.5 Å². The second kappa shape index (κ2) is 8.52. The summed E-state index contributed by atoms with van der Waals surface area (Å²) in [6, 6.07) is 0. The zero-order chi connectivity index (χ0) is 19.2. The molecule has 0 amide bonds. The molecule has 0 aliphatic carbocycles. The Labute approximate surface area is 148 Å². The molecule has 24 heavy (non-hydrogen) atoms. The molecule has 0 aromatic heterocycles. The molecule has 0 radical (unpaired) electrons. The largest absolute Gasteiger partial charge is 0.508 e. The van der Waals surface area contributed by atoms with Crippen molar-refractivity contribution < 1.29 is 23.7 Å². The molecular formula is C19H38O5. The lowest BCUT2D eigenvalue weighted by Crippen LogP contribution is -2.34. The van der Waals surface area contributed by atoms with Gasteiger partial charge in [0, 0.05) is 10.8 Å². The molecule has 0 atom stereocenters. The first kappa shape index (κ1) is 23.2. The fourth-order valence-electron chi connectivity index (χ4n) is 1.46. The van der Waals surface area contributed by atoms with E-state index in [1.165, 1.54) is 0 Å². The van der Waals surface area contributed by atoms with Crippen LogP contribution in [0.5, 0.6) is 0 Å². The molecule has 0 aliphatic heterocycles. The van der Waals surface area contributed by atoms with Gasteiger partial charge in [-0.25, -0.2) is 4.79 Å². The Bertz CT molecular complexity index is 350. The van der Waals surface area contributed by atoms with Gasteiger partial charge in [-0.15, -0.1) is 0 Å². The van der Waals surface area contributed by atoms with Crippen LogP contribution in [0, 0.1) is 10.8 Å². The Morgan fingerprint density at radius 2 is 0.875 bits per heavy atom. The summed E-state index contributed by atoms with van der Waals surface area (Å²) < 4.78 is 22.0. The highest BCUT2D eigenvalue weighted by Crippen LogP contribution is 2.22. The Morgan fingerprint density at radius 1 is 0.583 bits per heavy atom. The average Bonchev–Trinajstić information content (AvgIpc) is 2.38. The third kappa shape index (κ3) is 13.6. The van der Waals surface area contributed by atoms with Gasteiger partial charge in [0.1, 0.15) is 13.2 Å². The second-order valence-corrected chi connectivity index (χ2v) is 9.96. The maximum absolute atomic E-state index is 11.8. The molecule has 0 saturated heterocycles. The van der Waals surface area contributed by atoms with E-state index in [9.17, 15) is 4.79 Å². The SMILES string of the molecule is CC(C)(COC(=O)OCC(C)(C)COC(C)(C)C)COC(C)(C)C. The molecule has 0 heterocycles. The third-order valence-electron chi connectivity index (χ3n) is 2.95. The van der Waals surface area contributed by atoms with E-state index in [0.29, 0.717) is 13.2 Å². The van der Waals surface area contributed by atoms with Crippen LogP contribution in [0.2, 0.25) is 0 Å². The third-order valence-corrected chi connectivity index (χ3v) is 2.95. The summed E-state index contributed by atoms with van der Waals surface area (Å²) in [5, 5.41) is 0. The Kier molecular flexibility index (Phi) is 8.24. The van der Waals surface area contributed by atoms with Gasteiger partial charge in [0.15, 0.2) is 0 Å². The highest BCUT2D eigenvalue weighted by atomic mass is 16.7. The molecule has 0 rings (SSSR count). The van der Waals surface area contributed by atoms with Gasteiger partial charge in [-0.3, -0.25) is 0 Å². The van der Waals surface area contributed by atoms with Gasteiger partial charge in [0.2, 0.25) is 0 Å². The second-order valence-electron chi connectivity index (χ2n) is 9.96. The zero-order valence-electron chi connectivity index (χ0n) is 17.4. The lowest BCUT2D eigenvalue weighted by Gasteiger charge is -2.30. The van der Waals surface area contributed by atoms with E-state index in [1.54, 1.807) is 0 Å². The van der Waals surface area contributed by atoms with Crippen molar-refractivity contribution in [2.24, 2.45) is 10.8 Å². The van der Waals surface area contributed by atoms with Gasteiger partial charge in [-0.2, -0.15) is 0 Å². The standard InChI is InChI=1S/C19H38O5/c1-16(2,3)23-13-18(7,8)11-21-15(20)22-12-19(9,10)14-24-17(4,5)6/h11-14H2,1-10H3. The predicted octanol–water partition coefficient (Wildman–Crippen LogP) is 4.82. The number of hydrogen-bond donors (Lipinski definition) is 0. The Morgan fingerprint density at radius 3 is 1.12 bits per heavy atom. The summed E-state index contributed by atoms with van der Waals surface area (Å²) in [6.45, 7) is 21.5. The van der Waals surface area contributed by atoms with Gasteiger partial charge in [-0.1, -0.05) is 27.7 Å². The first-order valence-corrected chi connectivity index (χ1v) is 8.59. The van der Waals surface area contributed by atoms with Crippen molar-refractivity contribution >= 4 is 6.16 Å². The molecule has 0 aromatic rings. The highest BCUT2D eigenvalue weighted by molar-refractivity contribution is 5.59. The van der Waals surface area contributed by atoms with Gasteiger partial charge in [0.25, 0.3) is 0 Å². The molecule has 0 aliphatic rings. The number of carbonyl (C=O) groups excluding carboxylic acids is 1. The van der Waals surface area contributed by atoms with Crippen LogP contribution in [0.1, 0.15) is 69.2 Å². The smallest absolute Gasteiger partial charge is 0.434 e. The van der Waals surface area contributed by atoms with Crippen molar-refractivity contribution in [3.63, 3.8) is 0 Å². The predicted molar refractivity (Wildman–Crippen MR) is 96.3 cm³/mol. The van der Waals surface area contributed by atoms with Crippen molar-refractivity contribution in [2.45, 2.75) is 80.4 Å². The van der Waals surface area contributed by atoms with Crippen LogP contribution in [0.3, 0.4) is 0 Å². The first-order valence-electron chi connectivity index (χ1n) is 8.59. The van der Waals surface area contributed by atoms with E-state index in [0.717, 1.165) is 0 Å². The summed E-state index contributed by atoms with van der Waals surface area (Å²) in [7, 11) is 0. The van der Waals surface area contributed by atoms with Crippen LogP contribution in [0.15, 0.2) is 0 Å². The molecule has 0 spiro atoms. The van der Waals surface area contributed by atoms with Crippen LogP contribution in [0.4, 0.5) is 4.79 Å². The van der Waals surface area contributed by atoms with Crippen molar-refractivity contribution in [3.8, 4) is 0 Å². The molecule has 144 valence electrons. The quantitative estimate of drug-likeness (QED) is 0.590. The molecule has 0 N–H and O–H groups in total. The average molecular weight is 347 g/mol. The van der Waals surface area contributed by atoms with Gasteiger partial charge < -0.3 is 18.9 Å². The molecule has 0 unspecified atom stereocenters. The molecule has 5 heteroatoms. The summed E-state index contributed by atoms with van der Waals surface area (Å²) in [5.74, 6) is 0. The Hall–Kier alpha value is -0.810. The summed E-state index contributed by atoms with van der Waals surface area (Å²) >= 11 is 0. The van der Waals surface area contributed by atoms with Crippen molar-refractivity contribution in [3.05, 3.63) is 0 Å². The van der Waals surface area contributed by atoms with E-state index in [2.05, 4.69) is 0 Å². The summed E-state index contributed by atoms with van der Waals surface area (Å²) in [6.07, 6.45) is -0.650. The van der Waals surface area contributed by atoms with E-state index < -0.39 is 6.16 Å². The van der Waals surface area contributed by atoms with Crippen molar-refractivity contribution in [1.29, 1.82) is 0 Å². The fraction of sp³-hybridized carbons (Fsp3) is 0.947. The van der Waals surface area contributed by atoms with E-state index in [1.807, 2.05) is 69.2 Å². The monoisotopic (exact) mass is 346 g/mol. The van der Waals surface area contributed by atoms with Gasteiger partial charge >= 0.3 is 6.16 Å². The normalized spacial score (nSPS) is 13.8. The van der Waals surface area contributed by atoms with Crippen LogP contribution < -0.4 is 0 Å². The zero-order valence-corrected chi connectivity index (χ0v) is 17.4. The van der Waals surface area contributed by atoms with Crippen LogP contribution in [0.25, 0.3) is 0 Å². The van der Waals surface area contributed by atoms with Crippen LogP contribution in [-0.2, 0) is 18.9 Å². The lowest BCUT2D eigenvalue weighted by molar-refractivity contribution is -0.0750. The number of rotatable bonds is 8. The number of carbonyl (C=O) groups is 1. The summed E-state index contributed by atoms with van der Waals surface area (Å²) in [5.41, 5.74) is -0.960. The van der Waals surface area contributed by atoms with Gasteiger partial charge in [0.05, 0.1) is 24.4 Å². The van der Waals surface area contributed by atoms with E-state index in [-0.39, 0.29) is 35.2 Å².